The van der Waals surface area contributed by atoms with E-state index in [0.29, 0.717) is 30.8 Å². The summed E-state index contributed by atoms with van der Waals surface area (Å²) >= 11 is 0. The number of amides is 1. The molecular formula is C15H13FN4O. The van der Waals surface area contributed by atoms with Gasteiger partial charge in [0.1, 0.15) is 11.9 Å². The second-order valence-corrected chi connectivity index (χ2v) is 5.03. The fourth-order valence-electron chi connectivity index (χ4n) is 2.56. The predicted octanol–water partition coefficient (Wildman–Crippen LogP) is 1.99. The number of H-pyrrole nitrogens is 1. The minimum absolute atomic E-state index is 0.0107. The van der Waals surface area contributed by atoms with E-state index >= 15 is 0 Å². The van der Waals surface area contributed by atoms with E-state index in [-0.39, 0.29) is 11.5 Å². The summed E-state index contributed by atoms with van der Waals surface area (Å²) in [7, 11) is 0. The second kappa shape index (κ2) is 5.02. The predicted molar refractivity (Wildman–Crippen MR) is 73.5 cm³/mol. The van der Waals surface area contributed by atoms with Crippen LogP contribution >= 0.6 is 0 Å². The van der Waals surface area contributed by atoms with Crippen LogP contribution in [0.5, 0.6) is 0 Å². The molecule has 21 heavy (non-hydrogen) atoms. The van der Waals surface area contributed by atoms with Crippen molar-refractivity contribution in [3.63, 3.8) is 0 Å². The van der Waals surface area contributed by atoms with Crippen LogP contribution in [0, 0.1) is 17.1 Å². The van der Waals surface area contributed by atoms with E-state index in [9.17, 15) is 9.18 Å². The highest BCUT2D eigenvalue weighted by atomic mass is 19.1. The van der Waals surface area contributed by atoms with Crippen molar-refractivity contribution in [3.8, 4) is 17.3 Å². The van der Waals surface area contributed by atoms with Crippen molar-refractivity contribution < 1.29 is 9.18 Å². The number of nitrogens with zero attached hydrogens (tertiary/aromatic N) is 3. The van der Waals surface area contributed by atoms with Crippen LogP contribution in [-0.4, -0.2) is 27.5 Å². The summed E-state index contributed by atoms with van der Waals surface area (Å²) in [5, 5.41) is 16.2. The Morgan fingerprint density at radius 3 is 3.05 bits per heavy atom. The lowest BCUT2D eigenvalue weighted by Crippen LogP contribution is -2.34. The highest BCUT2D eigenvalue weighted by Crippen LogP contribution is 2.29. The lowest BCUT2D eigenvalue weighted by Gasteiger charge is -2.25. The summed E-state index contributed by atoms with van der Waals surface area (Å²) in [6, 6.07) is 6.17. The molecule has 2 aromatic rings. The van der Waals surface area contributed by atoms with Gasteiger partial charge in [-0.2, -0.15) is 10.4 Å². The lowest BCUT2D eigenvalue weighted by molar-refractivity contribution is -0.129. The molecule has 1 aliphatic heterocycles. The zero-order chi connectivity index (χ0) is 15.0. The maximum Gasteiger partial charge on any atom is 0.219 e. The Balaban J connectivity index is 2.04. The molecule has 0 aliphatic carbocycles. The number of benzene rings is 1. The molecule has 1 aromatic heterocycles. The molecule has 1 N–H and O–H groups in total. The Hall–Kier alpha value is -2.68. The van der Waals surface area contributed by atoms with E-state index < -0.39 is 5.82 Å². The number of aromatic amines is 1. The van der Waals surface area contributed by atoms with Crippen molar-refractivity contribution in [1.82, 2.24) is 15.1 Å². The molecule has 0 spiro atoms. The number of nitriles is 1. The summed E-state index contributed by atoms with van der Waals surface area (Å²) < 4.78 is 13.4. The fourth-order valence-corrected chi connectivity index (χ4v) is 2.56. The largest absolute Gasteiger partial charge is 0.338 e. The molecule has 0 unspecified atom stereocenters. The number of halogens is 1. The van der Waals surface area contributed by atoms with Gasteiger partial charge in [0.15, 0.2) is 0 Å². The maximum absolute atomic E-state index is 13.4. The van der Waals surface area contributed by atoms with E-state index in [0.717, 1.165) is 11.3 Å². The zero-order valence-corrected chi connectivity index (χ0v) is 11.5. The molecule has 0 fully saturated rings. The summed E-state index contributed by atoms with van der Waals surface area (Å²) in [4.78, 5) is 13.3. The van der Waals surface area contributed by atoms with Crippen LogP contribution in [0.2, 0.25) is 0 Å². The third-order valence-corrected chi connectivity index (χ3v) is 3.74. The number of rotatable bonds is 1. The first kappa shape index (κ1) is 13.3. The van der Waals surface area contributed by atoms with Crippen molar-refractivity contribution in [2.45, 2.75) is 19.9 Å². The van der Waals surface area contributed by atoms with Crippen LogP contribution in [0.3, 0.4) is 0 Å². The standard InChI is InChI=1S/C15H13FN4O/c1-9(21)20-5-4-14-12(8-20)15(19-18-14)10-2-3-13(16)11(6-10)7-17/h2-3,6H,4-5,8H2,1H3,(H,18,19). The van der Waals surface area contributed by atoms with Gasteiger partial charge in [0.2, 0.25) is 5.91 Å². The van der Waals surface area contributed by atoms with Gasteiger partial charge in [-0.3, -0.25) is 9.89 Å². The third kappa shape index (κ3) is 2.27. The number of nitrogens with one attached hydrogen (secondary N) is 1. The van der Waals surface area contributed by atoms with Crippen LogP contribution in [0.4, 0.5) is 4.39 Å². The van der Waals surface area contributed by atoms with E-state index in [1.54, 1.807) is 11.0 Å². The molecule has 5 nitrogen and oxygen atoms in total. The van der Waals surface area contributed by atoms with Gasteiger partial charge in [0.25, 0.3) is 0 Å². The molecule has 1 aromatic carbocycles. The molecule has 0 radical (unpaired) electrons. The van der Waals surface area contributed by atoms with Crippen LogP contribution in [0.15, 0.2) is 18.2 Å². The quantitative estimate of drug-likeness (QED) is 0.870. The first-order valence-corrected chi connectivity index (χ1v) is 6.62. The van der Waals surface area contributed by atoms with Crippen molar-refractivity contribution in [2.75, 3.05) is 6.54 Å². The Bertz CT molecular complexity index is 760. The van der Waals surface area contributed by atoms with Crippen molar-refractivity contribution >= 4 is 5.91 Å². The summed E-state index contributed by atoms with van der Waals surface area (Å²) in [5.74, 6) is -0.527. The Morgan fingerprint density at radius 2 is 2.33 bits per heavy atom. The molecule has 3 rings (SSSR count). The van der Waals surface area contributed by atoms with Crippen LogP contribution in [-0.2, 0) is 17.8 Å². The van der Waals surface area contributed by atoms with E-state index in [1.807, 2.05) is 6.07 Å². The smallest absolute Gasteiger partial charge is 0.219 e. The summed E-state index contributed by atoms with van der Waals surface area (Å²) in [5.41, 5.74) is 3.27. The van der Waals surface area contributed by atoms with Gasteiger partial charge in [-0.15, -0.1) is 0 Å². The molecule has 6 heteroatoms. The summed E-state index contributed by atoms with van der Waals surface area (Å²) in [6.07, 6.45) is 0.716. The molecule has 0 atom stereocenters. The number of fused-ring (bicyclic) bond motifs is 1. The fraction of sp³-hybridized carbons (Fsp3) is 0.267. The number of carbonyl (C=O) groups excluding carboxylic acids is 1. The first-order valence-electron chi connectivity index (χ1n) is 6.62. The molecule has 0 saturated carbocycles. The number of hydrogen-bond donors (Lipinski definition) is 1. The van der Waals surface area contributed by atoms with Crippen LogP contribution in [0.1, 0.15) is 23.7 Å². The zero-order valence-electron chi connectivity index (χ0n) is 11.5. The van der Waals surface area contributed by atoms with Crippen molar-refractivity contribution in [2.24, 2.45) is 0 Å². The molecule has 2 heterocycles. The topological polar surface area (TPSA) is 72.8 Å². The van der Waals surface area contributed by atoms with Gasteiger partial charge in [-0.25, -0.2) is 4.39 Å². The molecular weight excluding hydrogens is 271 g/mol. The minimum atomic E-state index is -0.545. The lowest BCUT2D eigenvalue weighted by atomic mass is 10.00. The highest BCUT2D eigenvalue weighted by Gasteiger charge is 2.24. The molecule has 0 saturated heterocycles. The van der Waals surface area contributed by atoms with Crippen molar-refractivity contribution in [3.05, 3.63) is 40.8 Å². The van der Waals surface area contributed by atoms with E-state index in [4.69, 9.17) is 5.26 Å². The molecule has 1 amide bonds. The van der Waals surface area contributed by atoms with E-state index in [2.05, 4.69) is 10.2 Å². The number of aromatic nitrogens is 2. The van der Waals surface area contributed by atoms with Gasteiger partial charge in [0, 0.05) is 43.3 Å². The first-order chi connectivity index (χ1) is 10.1. The van der Waals surface area contributed by atoms with Gasteiger partial charge < -0.3 is 4.90 Å². The minimum Gasteiger partial charge on any atom is -0.338 e. The normalized spacial score (nSPS) is 13.7. The average molecular weight is 284 g/mol. The Kier molecular flexibility index (Phi) is 3.18. The second-order valence-electron chi connectivity index (χ2n) is 5.03. The number of hydrogen-bond acceptors (Lipinski definition) is 3. The van der Waals surface area contributed by atoms with Crippen LogP contribution < -0.4 is 0 Å². The van der Waals surface area contributed by atoms with Crippen molar-refractivity contribution in [1.29, 1.82) is 5.26 Å². The molecule has 0 bridgehead atoms. The van der Waals surface area contributed by atoms with Crippen LogP contribution in [0.25, 0.3) is 11.3 Å². The summed E-state index contributed by atoms with van der Waals surface area (Å²) in [6.45, 7) is 2.68. The number of carbonyl (C=O) groups is 1. The SMILES string of the molecule is CC(=O)N1CCc2[nH]nc(-c3ccc(F)c(C#N)c3)c2C1. The highest BCUT2D eigenvalue weighted by molar-refractivity contribution is 5.74. The van der Waals surface area contributed by atoms with Gasteiger partial charge in [-0.1, -0.05) is 0 Å². The third-order valence-electron chi connectivity index (χ3n) is 3.74. The Labute approximate surface area is 121 Å². The Morgan fingerprint density at radius 1 is 1.52 bits per heavy atom. The average Bonchev–Trinajstić information content (AvgIpc) is 2.90. The van der Waals surface area contributed by atoms with Gasteiger partial charge in [-0.05, 0) is 18.2 Å². The monoisotopic (exact) mass is 284 g/mol. The van der Waals surface area contributed by atoms with Gasteiger partial charge in [0.05, 0.1) is 11.3 Å². The maximum atomic E-state index is 13.4. The van der Waals surface area contributed by atoms with Gasteiger partial charge >= 0.3 is 0 Å². The molecule has 1 aliphatic rings. The molecule has 106 valence electrons. The van der Waals surface area contributed by atoms with E-state index in [1.165, 1.54) is 19.1 Å².